The molecule has 0 radical (unpaired) electrons. The number of benzene rings is 6. The van der Waals surface area contributed by atoms with E-state index >= 15 is 0 Å². The summed E-state index contributed by atoms with van der Waals surface area (Å²) >= 11 is 0. The monoisotopic (exact) mass is 596 g/mol. The van der Waals surface area contributed by atoms with Crippen molar-refractivity contribution in [3.8, 4) is 28.7 Å². The fourth-order valence-corrected chi connectivity index (χ4v) is 5.75. The van der Waals surface area contributed by atoms with Crippen molar-refractivity contribution in [2.45, 2.75) is 24.7 Å². The molecular formula is C40H36O5. The third kappa shape index (κ3) is 6.48. The third-order valence-corrected chi connectivity index (χ3v) is 8.57. The lowest BCUT2D eigenvalue weighted by molar-refractivity contribution is 0.473. The Labute approximate surface area is 263 Å². The van der Waals surface area contributed by atoms with E-state index in [1.807, 2.05) is 78.9 Å². The minimum atomic E-state index is -0.477. The average Bonchev–Trinajstić information content (AvgIpc) is 3.06. The van der Waals surface area contributed by atoms with Crippen molar-refractivity contribution in [2.24, 2.45) is 0 Å². The van der Waals surface area contributed by atoms with Crippen LogP contribution >= 0.6 is 0 Å². The van der Waals surface area contributed by atoms with E-state index in [0.29, 0.717) is 0 Å². The lowest BCUT2D eigenvalue weighted by Crippen LogP contribution is -2.25. The van der Waals surface area contributed by atoms with Gasteiger partial charge in [0, 0.05) is 10.8 Å². The van der Waals surface area contributed by atoms with Crippen LogP contribution in [0.4, 0.5) is 0 Å². The van der Waals surface area contributed by atoms with Crippen molar-refractivity contribution in [3.05, 3.63) is 185 Å². The molecule has 226 valence electrons. The molecule has 5 nitrogen and oxygen atoms in total. The second-order valence-corrected chi connectivity index (χ2v) is 11.4. The van der Waals surface area contributed by atoms with Gasteiger partial charge in [-0.05, 0) is 108 Å². The van der Waals surface area contributed by atoms with Crippen LogP contribution in [0.1, 0.15) is 47.2 Å². The highest BCUT2D eigenvalue weighted by molar-refractivity contribution is 5.53. The second-order valence-electron chi connectivity index (χ2n) is 11.4. The molecule has 0 saturated carbocycles. The van der Waals surface area contributed by atoms with Crippen LogP contribution in [-0.2, 0) is 10.8 Å². The Morgan fingerprint density at radius 2 is 0.444 bits per heavy atom. The van der Waals surface area contributed by atoms with Gasteiger partial charge in [-0.25, -0.2) is 0 Å². The summed E-state index contributed by atoms with van der Waals surface area (Å²) in [6.07, 6.45) is 0. The summed E-state index contributed by atoms with van der Waals surface area (Å²) in [5.74, 6) is 1.15. The standard InChI is InChI=1S/C20H18O3.C20H18O2/c1-20(14-2-8-17(21)9-3-14,15-4-10-18(22)11-5-15)16-6-12-19(23)13-7-16;1-20(15-5-3-2-4-6-15,16-7-11-18(21)12-8-16)17-9-13-19(22)14-10-17/h2-13,21-23H,1H3;2-14,21-22H,1H3. The van der Waals surface area contributed by atoms with E-state index in [9.17, 15) is 25.5 Å². The molecule has 0 fully saturated rings. The Bertz CT molecular complexity index is 1650. The lowest BCUT2D eigenvalue weighted by atomic mass is 9.71. The fourth-order valence-electron chi connectivity index (χ4n) is 5.75. The fraction of sp³-hybridized carbons (Fsp3) is 0.100. The molecule has 5 heteroatoms. The van der Waals surface area contributed by atoms with Gasteiger partial charge in [0.05, 0.1) is 0 Å². The van der Waals surface area contributed by atoms with E-state index in [2.05, 4.69) is 26.0 Å². The van der Waals surface area contributed by atoms with E-state index in [-0.39, 0.29) is 34.2 Å². The van der Waals surface area contributed by atoms with Crippen LogP contribution in [0.3, 0.4) is 0 Å². The van der Waals surface area contributed by atoms with Crippen molar-refractivity contribution < 1.29 is 25.5 Å². The van der Waals surface area contributed by atoms with Gasteiger partial charge in [-0.1, -0.05) is 91.0 Å². The van der Waals surface area contributed by atoms with E-state index < -0.39 is 5.41 Å². The summed E-state index contributed by atoms with van der Waals surface area (Å²) in [4.78, 5) is 0. The van der Waals surface area contributed by atoms with Gasteiger partial charge in [0.25, 0.3) is 0 Å². The molecule has 0 aliphatic carbocycles. The molecule has 0 unspecified atom stereocenters. The molecule has 6 rings (SSSR count). The van der Waals surface area contributed by atoms with Crippen molar-refractivity contribution in [1.82, 2.24) is 0 Å². The Kier molecular flexibility index (Phi) is 8.82. The molecule has 0 aromatic heterocycles. The molecule has 0 saturated heterocycles. The van der Waals surface area contributed by atoms with Gasteiger partial charge >= 0.3 is 0 Å². The molecule has 45 heavy (non-hydrogen) atoms. The van der Waals surface area contributed by atoms with Crippen LogP contribution in [0.25, 0.3) is 0 Å². The molecule has 0 bridgehead atoms. The molecule has 0 heterocycles. The zero-order valence-corrected chi connectivity index (χ0v) is 25.2. The normalized spacial score (nSPS) is 11.3. The van der Waals surface area contributed by atoms with Gasteiger partial charge in [-0.15, -0.1) is 0 Å². The van der Waals surface area contributed by atoms with Crippen LogP contribution < -0.4 is 0 Å². The molecule has 6 aromatic rings. The first-order valence-electron chi connectivity index (χ1n) is 14.6. The highest BCUT2D eigenvalue weighted by Gasteiger charge is 2.32. The number of phenols is 5. The number of hydrogen-bond donors (Lipinski definition) is 5. The summed E-state index contributed by atoms with van der Waals surface area (Å²) in [7, 11) is 0. The maximum atomic E-state index is 9.57. The zero-order chi connectivity index (χ0) is 32.0. The maximum Gasteiger partial charge on any atom is 0.115 e. The van der Waals surface area contributed by atoms with Gasteiger partial charge in [-0.2, -0.15) is 0 Å². The predicted molar refractivity (Wildman–Crippen MR) is 178 cm³/mol. The number of rotatable bonds is 6. The van der Waals surface area contributed by atoms with Crippen molar-refractivity contribution in [1.29, 1.82) is 0 Å². The molecule has 6 aromatic carbocycles. The topological polar surface area (TPSA) is 101 Å². The van der Waals surface area contributed by atoms with Crippen molar-refractivity contribution >= 4 is 0 Å². The maximum absolute atomic E-state index is 9.57. The quantitative estimate of drug-likeness (QED) is 0.124. The predicted octanol–water partition coefficient (Wildman–Crippen LogP) is 8.61. The summed E-state index contributed by atoms with van der Waals surface area (Å²) in [5, 5.41) is 47.8. The van der Waals surface area contributed by atoms with Gasteiger partial charge in [0.15, 0.2) is 0 Å². The molecule has 0 atom stereocenters. The highest BCUT2D eigenvalue weighted by Crippen LogP contribution is 2.41. The van der Waals surface area contributed by atoms with E-state index in [0.717, 1.165) is 33.4 Å². The first-order valence-corrected chi connectivity index (χ1v) is 14.6. The van der Waals surface area contributed by atoms with E-state index in [1.54, 1.807) is 60.7 Å². The number of hydrogen-bond acceptors (Lipinski definition) is 5. The summed E-state index contributed by atoms with van der Waals surface area (Å²) in [6.45, 7) is 4.24. The van der Waals surface area contributed by atoms with E-state index in [4.69, 9.17) is 0 Å². The van der Waals surface area contributed by atoms with Gasteiger partial charge in [-0.3, -0.25) is 0 Å². The number of aromatic hydroxyl groups is 5. The molecule has 0 aliphatic heterocycles. The Morgan fingerprint density at radius 3 is 0.644 bits per heavy atom. The summed E-state index contributed by atoms with van der Waals surface area (Å²) in [6, 6.07) is 46.1. The van der Waals surface area contributed by atoms with Gasteiger partial charge < -0.3 is 25.5 Å². The first-order chi connectivity index (χ1) is 21.6. The molecule has 0 aliphatic rings. The zero-order valence-electron chi connectivity index (χ0n) is 25.2. The summed E-state index contributed by atoms with van der Waals surface area (Å²) < 4.78 is 0. The van der Waals surface area contributed by atoms with Crippen LogP contribution in [0, 0.1) is 0 Å². The summed E-state index contributed by atoms with van der Waals surface area (Å²) in [5.41, 5.74) is 5.51. The third-order valence-electron chi connectivity index (χ3n) is 8.57. The minimum Gasteiger partial charge on any atom is -0.508 e. The second kappa shape index (κ2) is 12.9. The molecule has 5 N–H and O–H groups in total. The van der Waals surface area contributed by atoms with Crippen LogP contribution in [0.5, 0.6) is 28.7 Å². The molecule has 0 amide bonds. The lowest BCUT2D eigenvalue weighted by Gasteiger charge is -2.32. The molecular weight excluding hydrogens is 560 g/mol. The van der Waals surface area contributed by atoms with E-state index in [1.165, 1.54) is 0 Å². The minimum absolute atomic E-state index is 0.215. The smallest absolute Gasteiger partial charge is 0.115 e. The largest absolute Gasteiger partial charge is 0.508 e. The van der Waals surface area contributed by atoms with Crippen molar-refractivity contribution in [3.63, 3.8) is 0 Å². The Balaban J connectivity index is 0.000000178. The highest BCUT2D eigenvalue weighted by atomic mass is 16.3. The SMILES string of the molecule is CC(c1ccc(O)cc1)(c1ccc(O)cc1)c1ccc(O)cc1.CC(c1ccccc1)(c1ccc(O)cc1)c1ccc(O)cc1. The molecule has 0 spiro atoms. The van der Waals surface area contributed by atoms with Gasteiger partial charge in [0.2, 0.25) is 0 Å². The van der Waals surface area contributed by atoms with Crippen LogP contribution in [-0.4, -0.2) is 25.5 Å². The van der Waals surface area contributed by atoms with Crippen LogP contribution in [0.2, 0.25) is 0 Å². The van der Waals surface area contributed by atoms with Gasteiger partial charge in [0.1, 0.15) is 28.7 Å². The Hall–Kier alpha value is -5.68. The number of phenolic OH excluding ortho intramolecular Hbond substituents is 5. The van der Waals surface area contributed by atoms with Crippen molar-refractivity contribution in [2.75, 3.05) is 0 Å². The Morgan fingerprint density at radius 1 is 0.267 bits per heavy atom. The first kappa shape index (κ1) is 30.8. The average molecular weight is 597 g/mol. The van der Waals surface area contributed by atoms with Crippen LogP contribution in [0.15, 0.2) is 152 Å².